The first kappa shape index (κ1) is 18.3. The van der Waals surface area contributed by atoms with Crippen LogP contribution in [0.3, 0.4) is 0 Å². The van der Waals surface area contributed by atoms with Gasteiger partial charge in [-0.05, 0) is 12.0 Å². The molecule has 0 aromatic heterocycles. The molecule has 0 aliphatic carbocycles. The number of hydrogen-bond acceptors (Lipinski definition) is 2. The zero-order valence-electron chi connectivity index (χ0n) is 7.89. The van der Waals surface area contributed by atoms with E-state index in [0.29, 0.717) is 12.0 Å². The third-order valence-electron chi connectivity index (χ3n) is 1.93. The van der Waals surface area contributed by atoms with E-state index in [4.69, 9.17) is 51.0 Å². The normalized spacial score (nSPS) is 11.2. The molecule has 92 valence electrons. The molecule has 1 aromatic carbocycles. The van der Waals surface area contributed by atoms with Crippen LogP contribution in [0.25, 0.3) is 0 Å². The molecule has 9 heteroatoms. The minimum atomic E-state index is -4.57. The zero-order valence-corrected chi connectivity index (χ0v) is 11.7. The summed E-state index contributed by atoms with van der Waals surface area (Å²) in [4.78, 5) is -0.664. The van der Waals surface area contributed by atoms with Crippen molar-refractivity contribution in [3.63, 3.8) is 0 Å². The van der Waals surface area contributed by atoms with E-state index in [2.05, 4.69) is 0 Å². The predicted octanol–water partition coefficient (Wildman–Crippen LogP) is 3.46. The van der Waals surface area contributed by atoms with Gasteiger partial charge in [-0.1, -0.05) is 53.3 Å². The molecule has 0 saturated carbocycles. The Balaban J connectivity index is 0.00000256. The molecular weight excluding hydrogens is 341 g/mol. The van der Waals surface area contributed by atoms with Gasteiger partial charge in [0.2, 0.25) is 0 Å². The Hall–Kier alpha value is 1.29. The molecule has 0 amide bonds. The Bertz CT molecular complexity index is 515. The van der Waals surface area contributed by atoms with Gasteiger partial charge in [-0.3, -0.25) is 4.55 Å². The van der Waals surface area contributed by atoms with Crippen molar-refractivity contribution in [2.75, 3.05) is 0 Å². The molecule has 0 radical (unpaired) electrons. The third kappa shape index (κ3) is 3.65. The molecule has 0 aliphatic heterocycles. The second-order valence-electron chi connectivity index (χ2n) is 2.89. The molecule has 0 fully saturated rings. The molecule has 3 nitrogen and oxygen atoms in total. The fourth-order valence-corrected chi connectivity index (χ4v) is 3.71. The van der Waals surface area contributed by atoms with Gasteiger partial charge in [-0.25, -0.2) is 0 Å². The van der Waals surface area contributed by atoms with Gasteiger partial charge in [0.05, 0.1) is 20.1 Å². The third-order valence-corrected chi connectivity index (χ3v) is 4.86. The van der Waals surface area contributed by atoms with E-state index in [0.717, 1.165) is 0 Å². The van der Waals surface area contributed by atoms with Crippen LogP contribution in [0, 0.1) is 0 Å². The molecular formula is C8H7Cl4NaO3S. The molecule has 0 heterocycles. The summed E-state index contributed by atoms with van der Waals surface area (Å²) in [6.07, 6.45) is 0.433. The summed E-state index contributed by atoms with van der Waals surface area (Å²) in [5.41, 5.74) is 0.436. The van der Waals surface area contributed by atoms with E-state index in [1.54, 1.807) is 6.92 Å². The number of halogens is 4. The summed E-state index contributed by atoms with van der Waals surface area (Å²) in [5.74, 6) is 0. The molecule has 1 aromatic rings. The summed E-state index contributed by atoms with van der Waals surface area (Å²) in [6.45, 7) is 1.76. The Morgan fingerprint density at radius 3 is 1.59 bits per heavy atom. The van der Waals surface area contributed by atoms with Gasteiger partial charge >= 0.3 is 29.6 Å². The van der Waals surface area contributed by atoms with Gasteiger partial charge in [0.25, 0.3) is 10.1 Å². The van der Waals surface area contributed by atoms with Crippen LogP contribution in [0.2, 0.25) is 20.1 Å². The van der Waals surface area contributed by atoms with Gasteiger partial charge < -0.3 is 0 Å². The first-order valence-electron chi connectivity index (χ1n) is 4.04. The zero-order chi connectivity index (χ0) is 12.7. The van der Waals surface area contributed by atoms with Crippen molar-refractivity contribution >= 4 is 86.1 Å². The van der Waals surface area contributed by atoms with Crippen molar-refractivity contribution in [3.05, 3.63) is 25.7 Å². The molecule has 1 N–H and O–H groups in total. The van der Waals surface area contributed by atoms with Crippen molar-refractivity contribution in [1.82, 2.24) is 0 Å². The fraction of sp³-hybridized carbons (Fsp3) is 0.250. The summed E-state index contributed by atoms with van der Waals surface area (Å²) in [5, 5.41) is -0.691. The molecule has 0 spiro atoms. The van der Waals surface area contributed by atoms with Crippen LogP contribution in [-0.4, -0.2) is 42.5 Å². The SMILES string of the molecule is CCc1c(Cl)c(Cl)c(S(=O)(=O)O)c(Cl)c1Cl.[NaH]. The van der Waals surface area contributed by atoms with Crippen LogP contribution in [0.1, 0.15) is 12.5 Å². The number of hydrogen-bond donors (Lipinski definition) is 1. The molecule has 0 bridgehead atoms. The van der Waals surface area contributed by atoms with Crippen LogP contribution in [-0.2, 0) is 16.5 Å². The van der Waals surface area contributed by atoms with E-state index >= 15 is 0 Å². The monoisotopic (exact) mass is 346 g/mol. The Kier molecular flexibility index (Phi) is 7.14. The van der Waals surface area contributed by atoms with Gasteiger partial charge in [0.15, 0.2) is 0 Å². The molecule has 0 saturated heterocycles. The predicted molar refractivity (Wildman–Crippen MR) is 72.8 cm³/mol. The Labute approximate surface area is 141 Å². The first-order valence-corrected chi connectivity index (χ1v) is 6.99. The second kappa shape index (κ2) is 6.64. The quantitative estimate of drug-likeness (QED) is 0.506. The first-order chi connectivity index (χ1) is 7.21. The molecule has 0 atom stereocenters. The van der Waals surface area contributed by atoms with Crippen molar-refractivity contribution in [2.24, 2.45) is 0 Å². The van der Waals surface area contributed by atoms with Gasteiger partial charge in [0, 0.05) is 0 Å². The van der Waals surface area contributed by atoms with Crippen LogP contribution >= 0.6 is 46.4 Å². The van der Waals surface area contributed by atoms with Crippen molar-refractivity contribution in [3.8, 4) is 0 Å². The van der Waals surface area contributed by atoms with Crippen molar-refractivity contribution in [2.45, 2.75) is 18.2 Å². The number of rotatable bonds is 2. The van der Waals surface area contributed by atoms with E-state index in [-0.39, 0.29) is 49.6 Å². The van der Waals surface area contributed by atoms with Crippen molar-refractivity contribution in [1.29, 1.82) is 0 Å². The van der Waals surface area contributed by atoms with E-state index in [1.165, 1.54) is 0 Å². The minimum absolute atomic E-state index is 0. The molecule has 0 unspecified atom stereocenters. The summed E-state index contributed by atoms with van der Waals surface area (Å²) < 4.78 is 31.0. The van der Waals surface area contributed by atoms with Crippen LogP contribution in [0.5, 0.6) is 0 Å². The van der Waals surface area contributed by atoms with Crippen LogP contribution < -0.4 is 0 Å². The Morgan fingerprint density at radius 1 is 1.00 bits per heavy atom. The average Bonchev–Trinajstić information content (AvgIpc) is 2.14. The van der Waals surface area contributed by atoms with Gasteiger partial charge in [0.1, 0.15) is 4.90 Å². The summed E-state index contributed by atoms with van der Waals surface area (Å²) in [6, 6.07) is 0. The van der Waals surface area contributed by atoms with E-state index in [1.807, 2.05) is 0 Å². The average molecular weight is 348 g/mol. The topological polar surface area (TPSA) is 54.4 Å². The number of benzene rings is 1. The Morgan fingerprint density at radius 2 is 1.35 bits per heavy atom. The van der Waals surface area contributed by atoms with Gasteiger partial charge in [-0.15, -0.1) is 0 Å². The maximum absolute atomic E-state index is 11.0. The second-order valence-corrected chi connectivity index (χ2v) is 5.76. The van der Waals surface area contributed by atoms with Crippen molar-refractivity contribution < 1.29 is 13.0 Å². The summed E-state index contributed by atoms with van der Waals surface area (Å²) >= 11 is 23.1. The molecule has 17 heavy (non-hydrogen) atoms. The summed E-state index contributed by atoms with van der Waals surface area (Å²) in [7, 11) is -4.57. The van der Waals surface area contributed by atoms with Crippen LogP contribution in [0.4, 0.5) is 0 Å². The van der Waals surface area contributed by atoms with Crippen LogP contribution in [0.15, 0.2) is 4.90 Å². The molecule has 1 rings (SSSR count). The van der Waals surface area contributed by atoms with Gasteiger partial charge in [-0.2, -0.15) is 8.42 Å². The van der Waals surface area contributed by atoms with E-state index < -0.39 is 15.0 Å². The van der Waals surface area contributed by atoms with E-state index in [9.17, 15) is 8.42 Å². The standard InChI is InChI=1S/C8H6Cl4O3S.Na.H/c1-2-3-4(9)6(11)8(16(13,14)15)7(12)5(3)10;;/h2H2,1H3,(H,13,14,15);;. The fourth-order valence-electron chi connectivity index (χ4n) is 1.19. The maximum atomic E-state index is 11.0. The molecule has 0 aliphatic rings.